The third kappa shape index (κ3) is 2.82. The van der Waals surface area contributed by atoms with E-state index >= 15 is 0 Å². The molecule has 1 aromatic heterocycles. The molecule has 0 bridgehead atoms. The van der Waals surface area contributed by atoms with Crippen LogP contribution in [0.1, 0.15) is 12.8 Å². The zero-order valence-electron chi connectivity index (χ0n) is 8.69. The predicted octanol–water partition coefficient (Wildman–Crippen LogP) is 1.49. The molecule has 5 nitrogen and oxygen atoms in total. The van der Waals surface area contributed by atoms with Crippen molar-refractivity contribution in [2.24, 2.45) is 11.7 Å². The van der Waals surface area contributed by atoms with Crippen LogP contribution in [0.4, 0.5) is 10.6 Å². The van der Waals surface area contributed by atoms with E-state index in [9.17, 15) is 4.79 Å². The van der Waals surface area contributed by atoms with Crippen LogP contribution in [0.3, 0.4) is 0 Å². The molecule has 0 aromatic carbocycles. The summed E-state index contributed by atoms with van der Waals surface area (Å²) < 4.78 is 0.891. The van der Waals surface area contributed by atoms with Crippen LogP contribution in [0.25, 0.3) is 0 Å². The number of hydrogen-bond acceptors (Lipinski definition) is 3. The van der Waals surface area contributed by atoms with Crippen LogP contribution in [0.2, 0.25) is 0 Å². The molecule has 0 aliphatic heterocycles. The van der Waals surface area contributed by atoms with Gasteiger partial charge in [0.1, 0.15) is 0 Å². The average molecular weight is 332 g/mol. The van der Waals surface area contributed by atoms with Crippen LogP contribution in [0, 0.1) is 9.49 Å². The van der Waals surface area contributed by atoms with Gasteiger partial charge in [0.15, 0.2) is 5.82 Å². The number of anilines is 1. The number of primary amides is 1. The number of aromatic nitrogens is 1. The fraction of sp³-hybridized carbons (Fsp3) is 0.400. The smallest absolute Gasteiger partial charge is 0.335 e. The molecule has 2 amide bonds. The van der Waals surface area contributed by atoms with Crippen LogP contribution in [-0.4, -0.2) is 17.6 Å². The number of rotatable bonds is 4. The predicted molar refractivity (Wildman–Crippen MR) is 69.7 cm³/mol. The van der Waals surface area contributed by atoms with Gasteiger partial charge in [-0.25, -0.2) is 20.2 Å². The number of urea groups is 1. The first-order valence-corrected chi connectivity index (χ1v) is 6.20. The molecule has 1 saturated carbocycles. The maximum Gasteiger partial charge on any atom is 0.335 e. The number of pyridine rings is 1. The summed E-state index contributed by atoms with van der Waals surface area (Å²) in [5.74, 6) is 1.24. The van der Waals surface area contributed by atoms with E-state index in [0.29, 0.717) is 11.7 Å². The van der Waals surface area contributed by atoms with Crippen molar-refractivity contribution in [3.63, 3.8) is 0 Å². The summed E-state index contributed by atoms with van der Waals surface area (Å²) in [7, 11) is 0. The quantitative estimate of drug-likeness (QED) is 0.648. The van der Waals surface area contributed by atoms with Gasteiger partial charge in [-0.05, 0) is 53.5 Å². The van der Waals surface area contributed by atoms with E-state index in [1.807, 2.05) is 12.1 Å². The second kappa shape index (κ2) is 4.96. The fourth-order valence-corrected chi connectivity index (χ4v) is 1.93. The van der Waals surface area contributed by atoms with Crippen LogP contribution in [-0.2, 0) is 0 Å². The highest BCUT2D eigenvalue weighted by molar-refractivity contribution is 14.1. The van der Waals surface area contributed by atoms with Gasteiger partial charge in [-0.15, -0.1) is 0 Å². The molecule has 3 N–H and O–H groups in total. The summed E-state index contributed by atoms with van der Waals surface area (Å²) in [5, 5.41) is 1.32. The van der Waals surface area contributed by atoms with Gasteiger partial charge in [-0.3, -0.25) is 0 Å². The SMILES string of the molecule is NC(=O)N(NCC1CC1)c1ncccc1I. The Kier molecular flexibility index (Phi) is 3.59. The summed E-state index contributed by atoms with van der Waals surface area (Å²) in [6.45, 7) is 0.773. The molecule has 86 valence electrons. The van der Waals surface area contributed by atoms with Crippen molar-refractivity contribution in [3.8, 4) is 0 Å². The van der Waals surface area contributed by atoms with Crippen molar-refractivity contribution in [2.75, 3.05) is 11.6 Å². The molecule has 0 atom stereocenters. The molecular formula is C10H13IN4O. The lowest BCUT2D eigenvalue weighted by molar-refractivity contribution is 0.251. The monoisotopic (exact) mass is 332 g/mol. The first kappa shape index (κ1) is 11.6. The number of halogens is 1. The second-order valence-electron chi connectivity index (χ2n) is 3.79. The minimum Gasteiger partial charge on any atom is -0.350 e. The second-order valence-corrected chi connectivity index (χ2v) is 4.95. The maximum absolute atomic E-state index is 11.3. The Morgan fingerprint density at radius 2 is 2.44 bits per heavy atom. The Bertz CT molecular complexity index is 394. The molecule has 1 fully saturated rings. The molecule has 0 spiro atoms. The molecule has 1 aliphatic rings. The Morgan fingerprint density at radius 3 is 3.00 bits per heavy atom. The Balaban J connectivity index is 2.11. The summed E-state index contributed by atoms with van der Waals surface area (Å²) >= 11 is 2.13. The molecule has 0 unspecified atom stereocenters. The van der Waals surface area contributed by atoms with Gasteiger partial charge in [0.05, 0.1) is 3.57 Å². The minimum atomic E-state index is -0.530. The highest BCUT2D eigenvalue weighted by Crippen LogP contribution is 2.28. The zero-order chi connectivity index (χ0) is 11.5. The largest absolute Gasteiger partial charge is 0.350 e. The van der Waals surface area contributed by atoms with Gasteiger partial charge in [-0.1, -0.05) is 0 Å². The first-order chi connectivity index (χ1) is 7.68. The fourth-order valence-electron chi connectivity index (χ4n) is 1.34. The number of carbonyl (C=O) groups excluding carboxylic acids is 1. The standard InChI is InChI=1S/C10H13IN4O/c11-8-2-1-5-13-9(8)15(10(12)16)14-6-7-3-4-7/h1-2,5,7,14H,3-4,6H2,(H2,12,16). The van der Waals surface area contributed by atoms with Gasteiger partial charge in [-0.2, -0.15) is 0 Å². The zero-order valence-corrected chi connectivity index (χ0v) is 10.8. The van der Waals surface area contributed by atoms with Gasteiger partial charge in [0.25, 0.3) is 0 Å². The molecule has 2 rings (SSSR count). The average Bonchev–Trinajstić information content (AvgIpc) is 3.04. The Hall–Kier alpha value is -0.890. The molecule has 1 aromatic rings. The van der Waals surface area contributed by atoms with E-state index < -0.39 is 6.03 Å². The van der Waals surface area contributed by atoms with Crippen LogP contribution >= 0.6 is 22.6 Å². The highest BCUT2D eigenvalue weighted by atomic mass is 127. The normalized spacial score (nSPS) is 14.8. The van der Waals surface area contributed by atoms with E-state index in [0.717, 1.165) is 10.1 Å². The highest BCUT2D eigenvalue weighted by Gasteiger charge is 2.24. The number of nitrogens with two attached hydrogens (primary N) is 1. The number of hydrazine groups is 1. The number of carbonyl (C=O) groups is 1. The van der Waals surface area contributed by atoms with Crippen molar-refractivity contribution in [1.29, 1.82) is 0 Å². The molecule has 0 saturated heterocycles. The van der Waals surface area contributed by atoms with Crippen LogP contribution in [0.5, 0.6) is 0 Å². The van der Waals surface area contributed by atoms with Crippen molar-refractivity contribution in [1.82, 2.24) is 10.4 Å². The molecule has 6 heteroatoms. The number of nitrogens with zero attached hydrogens (tertiary/aromatic N) is 2. The van der Waals surface area contributed by atoms with Gasteiger partial charge in [0, 0.05) is 12.7 Å². The van der Waals surface area contributed by atoms with Gasteiger partial charge in [0.2, 0.25) is 0 Å². The summed E-state index contributed by atoms with van der Waals surface area (Å²) in [6, 6.07) is 3.18. The number of hydrogen-bond donors (Lipinski definition) is 2. The van der Waals surface area contributed by atoms with E-state index in [-0.39, 0.29) is 0 Å². The molecule has 1 aliphatic carbocycles. The molecule has 1 heterocycles. The lowest BCUT2D eigenvalue weighted by Gasteiger charge is -2.21. The van der Waals surface area contributed by atoms with E-state index in [2.05, 4.69) is 33.0 Å². The lowest BCUT2D eigenvalue weighted by Crippen LogP contribution is -2.48. The maximum atomic E-state index is 11.3. The van der Waals surface area contributed by atoms with Crippen LogP contribution in [0.15, 0.2) is 18.3 Å². The Morgan fingerprint density at radius 1 is 1.69 bits per heavy atom. The summed E-state index contributed by atoms with van der Waals surface area (Å²) in [4.78, 5) is 15.5. The molecule has 0 radical (unpaired) electrons. The number of nitrogens with one attached hydrogen (secondary N) is 1. The van der Waals surface area contributed by atoms with Crippen LogP contribution < -0.4 is 16.2 Å². The van der Waals surface area contributed by atoms with E-state index in [1.54, 1.807) is 6.20 Å². The van der Waals surface area contributed by atoms with Gasteiger partial charge >= 0.3 is 6.03 Å². The van der Waals surface area contributed by atoms with Crippen molar-refractivity contribution < 1.29 is 4.79 Å². The summed E-state index contributed by atoms with van der Waals surface area (Å²) in [5.41, 5.74) is 8.36. The van der Waals surface area contributed by atoms with Crippen molar-refractivity contribution >= 4 is 34.4 Å². The minimum absolute atomic E-state index is 0.530. The molecule has 16 heavy (non-hydrogen) atoms. The van der Waals surface area contributed by atoms with E-state index in [4.69, 9.17) is 5.73 Å². The number of amides is 2. The molecular weight excluding hydrogens is 319 g/mol. The first-order valence-electron chi connectivity index (χ1n) is 5.12. The third-order valence-corrected chi connectivity index (χ3v) is 3.25. The lowest BCUT2D eigenvalue weighted by atomic mass is 10.4. The third-order valence-electron chi connectivity index (χ3n) is 2.41. The summed E-state index contributed by atoms with van der Waals surface area (Å²) in [6.07, 6.45) is 4.09. The Labute approximate surface area is 108 Å². The van der Waals surface area contributed by atoms with E-state index in [1.165, 1.54) is 17.9 Å². The van der Waals surface area contributed by atoms with Gasteiger partial charge < -0.3 is 5.73 Å². The van der Waals surface area contributed by atoms with Crippen molar-refractivity contribution in [3.05, 3.63) is 21.9 Å². The van der Waals surface area contributed by atoms with Crippen molar-refractivity contribution in [2.45, 2.75) is 12.8 Å². The topological polar surface area (TPSA) is 71.2 Å².